The van der Waals surface area contributed by atoms with E-state index in [1.54, 1.807) is 18.0 Å². The minimum atomic E-state index is -3.85. The Morgan fingerprint density at radius 2 is 2.08 bits per heavy atom. The highest BCUT2D eigenvalue weighted by Gasteiger charge is 2.35. The topological polar surface area (TPSA) is 113 Å². The number of sulfonamides is 1. The fourth-order valence-corrected chi connectivity index (χ4v) is 3.34. The fourth-order valence-electron chi connectivity index (χ4n) is 2.78. The quantitative estimate of drug-likeness (QED) is 0.813. The molecule has 8 nitrogen and oxygen atoms in total. The fraction of sp³-hybridized carbons (Fsp3) is 0.500. The molecule has 1 heterocycles. The number of hydrogen-bond donors (Lipinski definition) is 2. The van der Waals surface area contributed by atoms with Gasteiger partial charge in [0.2, 0.25) is 15.9 Å². The highest BCUT2D eigenvalue weighted by atomic mass is 32.2. The number of urea groups is 1. The Kier molecular flexibility index (Phi) is 6.02. The van der Waals surface area contributed by atoms with Crippen LogP contribution in [0.4, 0.5) is 10.5 Å². The minimum Gasteiger partial charge on any atom is -0.342 e. The monoisotopic (exact) mass is 368 g/mol. The molecule has 0 aliphatic carbocycles. The lowest BCUT2D eigenvalue weighted by Crippen LogP contribution is -2.58. The molecule has 138 valence electrons. The molecule has 1 atom stereocenters. The van der Waals surface area contributed by atoms with Crippen molar-refractivity contribution in [3.63, 3.8) is 0 Å². The number of rotatable bonds is 5. The average Bonchev–Trinajstić information content (AvgIpc) is 2.55. The summed E-state index contributed by atoms with van der Waals surface area (Å²) in [5, 5.41) is 7.77. The number of nitrogens with one attached hydrogen (secondary N) is 1. The van der Waals surface area contributed by atoms with Gasteiger partial charge in [-0.25, -0.2) is 18.4 Å². The van der Waals surface area contributed by atoms with Gasteiger partial charge < -0.3 is 15.1 Å². The van der Waals surface area contributed by atoms with Gasteiger partial charge in [0, 0.05) is 25.8 Å². The van der Waals surface area contributed by atoms with Crippen molar-refractivity contribution in [3.05, 3.63) is 24.3 Å². The first kappa shape index (κ1) is 19.2. The molecule has 0 bridgehead atoms. The number of carbonyl (C=O) groups is 2. The first-order chi connectivity index (χ1) is 11.7. The first-order valence-electron chi connectivity index (χ1n) is 8.19. The van der Waals surface area contributed by atoms with E-state index in [1.165, 1.54) is 23.1 Å². The number of anilines is 1. The normalized spacial score (nSPS) is 18.4. The van der Waals surface area contributed by atoms with Gasteiger partial charge in [0.15, 0.2) is 0 Å². The molecule has 0 aromatic heterocycles. The van der Waals surface area contributed by atoms with E-state index in [0.717, 1.165) is 12.8 Å². The van der Waals surface area contributed by atoms with Gasteiger partial charge in [0.1, 0.15) is 6.04 Å². The Morgan fingerprint density at radius 1 is 1.36 bits per heavy atom. The van der Waals surface area contributed by atoms with Crippen molar-refractivity contribution < 1.29 is 18.0 Å². The molecule has 1 fully saturated rings. The maximum Gasteiger partial charge on any atom is 0.322 e. The van der Waals surface area contributed by atoms with Crippen LogP contribution in [0.1, 0.15) is 26.2 Å². The Balaban J connectivity index is 2.17. The van der Waals surface area contributed by atoms with Crippen LogP contribution in [0, 0.1) is 0 Å². The van der Waals surface area contributed by atoms with Crippen molar-refractivity contribution in [2.45, 2.75) is 37.1 Å². The van der Waals surface area contributed by atoms with Crippen molar-refractivity contribution in [2.75, 3.05) is 25.5 Å². The van der Waals surface area contributed by atoms with Gasteiger partial charge in [-0.05, 0) is 24.6 Å². The summed E-state index contributed by atoms with van der Waals surface area (Å²) < 4.78 is 22.9. The van der Waals surface area contributed by atoms with Crippen molar-refractivity contribution >= 4 is 27.6 Å². The predicted octanol–water partition coefficient (Wildman–Crippen LogP) is 1.20. The maximum atomic E-state index is 12.6. The molecular weight excluding hydrogens is 344 g/mol. The summed E-state index contributed by atoms with van der Waals surface area (Å²) in [6.07, 6.45) is 2.37. The molecule has 3 N–H and O–H groups in total. The zero-order valence-electron chi connectivity index (χ0n) is 14.4. The van der Waals surface area contributed by atoms with Crippen molar-refractivity contribution in [1.29, 1.82) is 0 Å². The molecule has 1 aliphatic rings. The third kappa shape index (κ3) is 4.70. The van der Waals surface area contributed by atoms with Gasteiger partial charge >= 0.3 is 6.03 Å². The number of nitrogens with zero attached hydrogens (tertiary/aromatic N) is 2. The van der Waals surface area contributed by atoms with Crippen LogP contribution in [0.2, 0.25) is 0 Å². The minimum absolute atomic E-state index is 0.0758. The Labute approximate surface area is 148 Å². The number of nitrogens with two attached hydrogens (primary N) is 1. The van der Waals surface area contributed by atoms with E-state index in [2.05, 4.69) is 5.32 Å². The van der Waals surface area contributed by atoms with E-state index in [1.807, 2.05) is 6.92 Å². The number of amides is 3. The molecule has 25 heavy (non-hydrogen) atoms. The van der Waals surface area contributed by atoms with E-state index in [4.69, 9.17) is 5.14 Å². The molecule has 1 saturated heterocycles. The largest absolute Gasteiger partial charge is 0.342 e. The van der Waals surface area contributed by atoms with Gasteiger partial charge in [0.05, 0.1) is 4.90 Å². The van der Waals surface area contributed by atoms with E-state index in [9.17, 15) is 18.0 Å². The molecule has 0 spiro atoms. The highest BCUT2D eigenvalue weighted by molar-refractivity contribution is 7.89. The van der Waals surface area contributed by atoms with Crippen LogP contribution in [-0.4, -0.2) is 56.3 Å². The molecule has 2 rings (SSSR count). The molecule has 1 unspecified atom stereocenters. The van der Waals surface area contributed by atoms with Crippen LogP contribution >= 0.6 is 0 Å². The zero-order valence-corrected chi connectivity index (χ0v) is 15.3. The Bertz CT molecular complexity index is 750. The maximum absolute atomic E-state index is 12.6. The molecule has 1 aromatic rings. The number of hydrogen-bond acceptors (Lipinski definition) is 4. The number of likely N-dealkylation sites (N-methyl/N-ethyl adjacent to an activating group) is 1. The predicted molar refractivity (Wildman–Crippen MR) is 94.5 cm³/mol. The smallest absolute Gasteiger partial charge is 0.322 e. The zero-order chi connectivity index (χ0) is 18.6. The van der Waals surface area contributed by atoms with Gasteiger partial charge in [-0.15, -0.1) is 0 Å². The van der Waals surface area contributed by atoms with Crippen molar-refractivity contribution in [3.8, 4) is 0 Å². The van der Waals surface area contributed by atoms with E-state index >= 15 is 0 Å². The van der Waals surface area contributed by atoms with Crippen LogP contribution in [0.15, 0.2) is 29.2 Å². The van der Waals surface area contributed by atoms with Crippen molar-refractivity contribution in [2.24, 2.45) is 5.14 Å². The van der Waals surface area contributed by atoms with Crippen LogP contribution in [-0.2, 0) is 14.8 Å². The SMILES string of the molecule is CCCCC1C(=O)N(C)CCN1C(=O)Nc1cccc(S(N)(=O)=O)c1. The third-order valence-corrected chi connectivity index (χ3v) is 5.13. The summed E-state index contributed by atoms with van der Waals surface area (Å²) in [6.45, 7) is 2.92. The summed E-state index contributed by atoms with van der Waals surface area (Å²) in [5.41, 5.74) is 0.317. The summed E-state index contributed by atoms with van der Waals surface area (Å²) in [5.74, 6) is -0.0758. The van der Waals surface area contributed by atoms with Crippen LogP contribution in [0.25, 0.3) is 0 Å². The number of carbonyl (C=O) groups excluding carboxylic acids is 2. The number of primary sulfonamides is 1. The molecule has 0 radical (unpaired) electrons. The molecule has 3 amide bonds. The molecule has 0 saturated carbocycles. The third-order valence-electron chi connectivity index (χ3n) is 4.22. The van der Waals surface area contributed by atoms with Crippen molar-refractivity contribution in [1.82, 2.24) is 9.80 Å². The van der Waals surface area contributed by atoms with Crippen LogP contribution < -0.4 is 10.5 Å². The number of benzene rings is 1. The molecule has 1 aliphatic heterocycles. The average molecular weight is 368 g/mol. The molecular formula is C16H24N4O4S. The summed E-state index contributed by atoms with van der Waals surface area (Å²) in [7, 11) is -2.12. The number of piperazine rings is 1. The highest BCUT2D eigenvalue weighted by Crippen LogP contribution is 2.19. The summed E-state index contributed by atoms with van der Waals surface area (Å²) in [4.78, 5) is 28.1. The number of unbranched alkanes of at least 4 members (excludes halogenated alkanes) is 1. The second-order valence-electron chi connectivity index (χ2n) is 6.11. The van der Waals surface area contributed by atoms with Crippen LogP contribution in [0.3, 0.4) is 0 Å². The lowest BCUT2D eigenvalue weighted by molar-refractivity contribution is -0.138. The summed E-state index contributed by atoms with van der Waals surface area (Å²) in [6, 6.07) is 4.81. The Hall–Kier alpha value is -2.13. The van der Waals surface area contributed by atoms with E-state index in [0.29, 0.717) is 25.2 Å². The summed E-state index contributed by atoms with van der Waals surface area (Å²) >= 11 is 0. The van der Waals surface area contributed by atoms with Gasteiger partial charge in [-0.3, -0.25) is 4.79 Å². The van der Waals surface area contributed by atoms with Crippen LogP contribution in [0.5, 0.6) is 0 Å². The Morgan fingerprint density at radius 3 is 2.72 bits per heavy atom. The lowest BCUT2D eigenvalue weighted by Gasteiger charge is -2.39. The van der Waals surface area contributed by atoms with Gasteiger partial charge in [-0.1, -0.05) is 25.8 Å². The standard InChI is InChI=1S/C16H24N4O4S/c1-3-4-8-14-15(21)19(2)9-10-20(14)16(22)18-12-6-5-7-13(11-12)25(17,23)24/h5-7,11,14H,3-4,8-10H2,1-2H3,(H,18,22)(H2,17,23,24). The second-order valence-corrected chi connectivity index (χ2v) is 7.68. The second kappa shape index (κ2) is 7.83. The first-order valence-corrected chi connectivity index (χ1v) is 9.74. The van der Waals surface area contributed by atoms with E-state index < -0.39 is 22.1 Å². The van der Waals surface area contributed by atoms with E-state index in [-0.39, 0.29) is 10.8 Å². The van der Waals surface area contributed by atoms with Gasteiger partial charge in [-0.2, -0.15) is 0 Å². The molecule has 1 aromatic carbocycles. The lowest BCUT2D eigenvalue weighted by atomic mass is 10.0. The van der Waals surface area contributed by atoms with Gasteiger partial charge in [0.25, 0.3) is 0 Å². The molecule has 9 heteroatoms.